The fraction of sp³-hybridized carbons (Fsp3) is 0.0833. The average Bonchev–Trinajstić information content (AvgIpc) is 2.18. The monoisotopic (exact) mass is 190 g/mol. The smallest absolute Gasteiger partial charge is 0.268 e. The standard InChI is InChI=1S/C12H11N2.Li/c1-9-8-10(2)14-12(13-9)11-6-4-3-5-7-11;/h3-8H,1H2,2H3;/q-1;+1. The van der Waals surface area contributed by atoms with E-state index in [0.717, 1.165) is 22.8 Å². The molecule has 2 nitrogen and oxygen atoms in total. The zero-order valence-corrected chi connectivity index (χ0v) is 9.07. The Balaban J connectivity index is 0.00000112. The molecule has 0 atom stereocenters. The van der Waals surface area contributed by atoms with Gasteiger partial charge in [0.2, 0.25) is 0 Å². The zero-order chi connectivity index (χ0) is 9.97. The van der Waals surface area contributed by atoms with E-state index in [0.29, 0.717) is 0 Å². The molecule has 0 amide bonds. The molecule has 0 unspecified atom stereocenters. The molecule has 0 bridgehead atoms. The minimum absolute atomic E-state index is 0. The minimum atomic E-state index is 0. The molecule has 0 fully saturated rings. The maximum absolute atomic E-state index is 4.35. The molecule has 15 heavy (non-hydrogen) atoms. The summed E-state index contributed by atoms with van der Waals surface area (Å²) in [7, 11) is 0. The van der Waals surface area contributed by atoms with Crippen LogP contribution in [-0.2, 0) is 0 Å². The van der Waals surface area contributed by atoms with Gasteiger partial charge >= 0.3 is 18.9 Å². The Kier molecular flexibility index (Phi) is 3.96. The minimum Gasteiger partial charge on any atom is -0.268 e. The summed E-state index contributed by atoms with van der Waals surface area (Å²) in [4.78, 5) is 8.64. The fourth-order valence-corrected chi connectivity index (χ4v) is 1.35. The van der Waals surface area contributed by atoms with E-state index >= 15 is 0 Å². The summed E-state index contributed by atoms with van der Waals surface area (Å²) in [6, 6.07) is 11.8. The second-order valence-electron chi connectivity index (χ2n) is 3.19. The van der Waals surface area contributed by atoms with Crippen LogP contribution in [0.4, 0.5) is 0 Å². The van der Waals surface area contributed by atoms with Gasteiger partial charge in [-0.1, -0.05) is 36.0 Å². The number of nitrogens with zero attached hydrogens (tertiary/aromatic N) is 2. The predicted octanol–water partition coefficient (Wildman–Crippen LogP) is -0.362. The SMILES string of the molecule is [CH2-]c1cc(C)nc(-c2ccccc2)n1.[Li+]. The van der Waals surface area contributed by atoms with Gasteiger partial charge in [0.1, 0.15) is 0 Å². The molecule has 0 spiro atoms. The van der Waals surface area contributed by atoms with Crippen LogP contribution in [0.25, 0.3) is 11.4 Å². The average molecular weight is 190 g/mol. The molecular weight excluding hydrogens is 179 g/mol. The zero-order valence-electron chi connectivity index (χ0n) is 9.07. The van der Waals surface area contributed by atoms with E-state index in [9.17, 15) is 0 Å². The van der Waals surface area contributed by atoms with E-state index in [1.165, 1.54) is 0 Å². The fourth-order valence-electron chi connectivity index (χ4n) is 1.35. The van der Waals surface area contributed by atoms with Crippen molar-refractivity contribution in [3.8, 4) is 11.4 Å². The predicted molar refractivity (Wildman–Crippen MR) is 56.7 cm³/mol. The van der Waals surface area contributed by atoms with Gasteiger partial charge in [-0.05, 0) is 12.6 Å². The molecule has 0 saturated carbocycles. The normalized spacial score (nSPS) is 9.40. The third-order valence-corrected chi connectivity index (χ3v) is 1.94. The largest absolute Gasteiger partial charge is 1.00 e. The van der Waals surface area contributed by atoms with Gasteiger partial charge in [0, 0.05) is 5.56 Å². The Morgan fingerprint density at radius 2 is 1.73 bits per heavy atom. The molecule has 70 valence electrons. The number of hydrogen-bond donors (Lipinski definition) is 0. The molecular formula is C12H11LiN2. The molecule has 1 aromatic carbocycles. The quantitative estimate of drug-likeness (QED) is 0.453. The van der Waals surface area contributed by atoms with Crippen LogP contribution in [0.15, 0.2) is 36.4 Å². The van der Waals surface area contributed by atoms with Crippen molar-refractivity contribution < 1.29 is 18.9 Å². The van der Waals surface area contributed by atoms with E-state index in [1.54, 1.807) is 0 Å². The van der Waals surface area contributed by atoms with E-state index in [2.05, 4.69) is 16.9 Å². The van der Waals surface area contributed by atoms with Crippen LogP contribution in [0.2, 0.25) is 0 Å². The van der Waals surface area contributed by atoms with Gasteiger partial charge in [0.05, 0.1) is 0 Å². The topological polar surface area (TPSA) is 25.8 Å². The van der Waals surface area contributed by atoms with Gasteiger partial charge < -0.3 is 0 Å². The van der Waals surface area contributed by atoms with Crippen molar-refractivity contribution in [3.63, 3.8) is 0 Å². The summed E-state index contributed by atoms with van der Waals surface area (Å²) in [6.07, 6.45) is 0. The summed E-state index contributed by atoms with van der Waals surface area (Å²) < 4.78 is 0. The van der Waals surface area contributed by atoms with Gasteiger partial charge in [0.25, 0.3) is 0 Å². The Labute approximate surface area is 102 Å². The van der Waals surface area contributed by atoms with Crippen molar-refractivity contribution in [1.82, 2.24) is 9.97 Å². The first kappa shape index (κ1) is 11.8. The third kappa shape index (κ3) is 2.86. The third-order valence-electron chi connectivity index (χ3n) is 1.94. The Hall–Kier alpha value is -1.23. The molecule has 0 aliphatic carbocycles. The van der Waals surface area contributed by atoms with Crippen LogP contribution in [0.3, 0.4) is 0 Å². The molecule has 1 aromatic heterocycles. The maximum atomic E-state index is 4.35. The molecule has 0 aliphatic heterocycles. The summed E-state index contributed by atoms with van der Waals surface area (Å²) in [5.41, 5.74) is 2.74. The molecule has 0 aliphatic rings. The number of benzene rings is 1. The van der Waals surface area contributed by atoms with Crippen molar-refractivity contribution in [2.75, 3.05) is 0 Å². The van der Waals surface area contributed by atoms with Crippen LogP contribution >= 0.6 is 0 Å². The first-order valence-corrected chi connectivity index (χ1v) is 4.49. The Morgan fingerprint density at radius 1 is 1.07 bits per heavy atom. The first-order chi connectivity index (χ1) is 6.75. The number of hydrogen-bond acceptors (Lipinski definition) is 2. The maximum Gasteiger partial charge on any atom is 1.00 e. The van der Waals surface area contributed by atoms with E-state index in [-0.39, 0.29) is 18.9 Å². The second kappa shape index (κ2) is 5.02. The number of rotatable bonds is 1. The molecule has 3 heteroatoms. The number of aromatic nitrogens is 2. The second-order valence-corrected chi connectivity index (χ2v) is 3.19. The van der Waals surface area contributed by atoms with Gasteiger partial charge in [-0.25, -0.2) is 6.92 Å². The van der Waals surface area contributed by atoms with Crippen LogP contribution in [-0.4, -0.2) is 9.97 Å². The molecule has 2 aromatic rings. The molecule has 2 rings (SSSR count). The van der Waals surface area contributed by atoms with E-state index in [4.69, 9.17) is 0 Å². The summed E-state index contributed by atoms with van der Waals surface area (Å²) in [5, 5.41) is 0. The van der Waals surface area contributed by atoms with Gasteiger partial charge in [0.15, 0.2) is 5.82 Å². The summed E-state index contributed by atoms with van der Waals surface area (Å²) in [6.45, 7) is 5.76. The first-order valence-electron chi connectivity index (χ1n) is 4.49. The van der Waals surface area contributed by atoms with Crippen molar-refractivity contribution in [2.45, 2.75) is 6.92 Å². The van der Waals surface area contributed by atoms with E-state index < -0.39 is 0 Å². The molecule has 0 N–H and O–H groups in total. The van der Waals surface area contributed by atoms with Gasteiger partial charge in [-0.3, -0.25) is 9.97 Å². The van der Waals surface area contributed by atoms with Crippen LogP contribution in [0, 0.1) is 13.8 Å². The summed E-state index contributed by atoms with van der Waals surface area (Å²) in [5.74, 6) is 0.746. The van der Waals surface area contributed by atoms with Gasteiger partial charge in [-0.2, -0.15) is 6.07 Å². The van der Waals surface area contributed by atoms with Gasteiger partial charge in [-0.15, -0.1) is 0 Å². The van der Waals surface area contributed by atoms with Crippen LogP contribution in [0.5, 0.6) is 0 Å². The van der Waals surface area contributed by atoms with Crippen molar-refractivity contribution in [2.24, 2.45) is 0 Å². The van der Waals surface area contributed by atoms with Crippen molar-refractivity contribution >= 4 is 0 Å². The molecule has 1 heterocycles. The Bertz CT molecular complexity index is 420. The molecule has 0 saturated heterocycles. The number of aryl methyl sites for hydroxylation is 1. The van der Waals surface area contributed by atoms with Crippen molar-refractivity contribution in [3.05, 3.63) is 54.7 Å². The Morgan fingerprint density at radius 3 is 2.33 bits per heavy atom. The van der Waals surface area contributed by atoms with Crippen LogP contribution in [0.1, 0.15) is 11.4 Å². The molecule has 0 radical (unpaired) electrons. The van der Waals surface area contributed by atoms with Crippen LogP contribution < -0.4 is 18.9 Å². The van der Waals surface area contributed by atoms with Crippen molar-refractivity contribution in [1.29, 1.82) is 0 Å². The summed E-state index contributed by atoms with van der Waals surface area (Å²) >= 11 is 0. The van der Waals surface area contributed by atoms with E-state index in [1.807, 2.05) is 43.3 Å².